The first kappa shape index (κ1) is 14.4. The van der Waals surface area contributed by atoms with Crippen molar-refractivity contribution in [2.24, 2.45) is 5.92 Å². The Morgan fingerprint density at radius 3 is 2.38 bits per heavy atom. The third kappa shape index (κ3) is 3.04. The second-order valence-electron chi connectivity index (χ2n) is 6.39. The maximum atomic E-state index is 5.94. The predicted molar refractivity (Wildman–Crippen MR) is 85.5 cm³/mol. The van der Waals surface area contributed by atoms with Crippen LogP contribution in [0, 0.1) is 5.92 Å². The van der Waals surface area contributed by atoms with Crippen molar-refractivity contribution < 1.29 is 0 Å². The second kappa shape index (κ2) is 6.03. The summed E-state index contributed by atoms with van der Waals surface area (Å²) in [5, 5.41) is 0. The minimum Gasteiger partial charge on any atom is -0.368 e. The average Bonchev–Trinajstić information content (AvgIpc) is 2.50. The first-order valence-corrected chi connectivity index (χ1v) is 8.18. The number of nitrogen functional groups attached to an aromatic ring is 1. The molecule has 0 aromatic carbocycles. The van der Waals surface area contributed by atoms with Crippen LogP contribution in [0.15, 0.2) is 0 Å². The molecule has 6 nitrogen and oxygen atoms in total. The molecule has 0 bridgehead atoms. The number of nitrogens with two attached hydrogens (primary N) is 1. The van der Waals surface area contributed by atoms with Crippen LogP contribution in [0.2, 0.25) is 0 Å². The summed E-state index contributed by atoms with van der Waals surface area (Å²) >= 11 is 0. The number of rotatable bonds is 2. The Labute approximate surface area is 126 Å². The van der Waals surface area contributed by atoms with Crippen LogP contribution >= 0.6 is 0 Å². The van der Waals surface area contributed by atoms with Crippen molar-refractivity contribution in [3.05, 3.63) is 0 Å². The number of anilines is 3. The average molecular weight is 290 g/mol. The summed E-state index contributed by atoms with van der Waals surface area (Å²) in [4.78, 5) is 18.0. The minimum absolute atomic E-state index is 0.339. The topological polar surface area (TPSA) is 71.2 Å². The number of aromatic nitrogens is 3. The van der Waals surface area contributed by atoms with E-state index in [1.165, 1.54) is 32.1 Å². The van der Waals surface area contributed by atoms with Gasteiger partial charge in [0.1, 0.15) is 0 Å². The summed E-state index contributed by atoms with van der Waals surface area (Å²) in [6, 6.07) is 0.453. The molecule has 2 aliphatic heterocycles. The fourth-order valence-corrected chi connectivity index (χ4v) is 3.35. The van der Waals surface area contributed by atoms with Crippen LogP contribution in [0.3, 0.4) is 0 Å². The molecule has 0 amide bonds. The van der Waals surface area contributed by atoms with Gasteiger partial charge in [0.15, 0.2) is 0 Å². The van der Waals surface area contributed by atoms with Crippen LogP contribution in [-0.4, -0.2) is 40.6 Å². The maximum Gasteiger partial charge on any atom is 0.232 e. The van der Waals surface area contributed by atoms with E-state index in [-0.39, 0.29) is 0 Å². The molecule has 2 unspecified atom stereocenters. The summed E-state index contributed by atoms with van der Waals surface area (Å²) < 4.78 is 0. The molecule has 2 N–H and O–H groups in total. The molecule has 3 heterocycles. The van der Waals surface area contributed by atoms with Gasteiger partial charge in [-0.3, -0.25) is 0 Å². The van der Waals surface area contributed by atoms with Crippen LogP contribution in [0.25, 0.3) is 0 Å². The fraction of sp³-hybridized carbons (Fsp3) is 0.800. The highest BCUT2D eigenvalue weighted by Gasteiger charge is 2.27. The van der Waals surface area contributed by atoms with E-state index in [0.717, 1.165) is 31.5 Å². The van der Waals surface area contributed by atoms with Gasteiger partial charge in [0.05, 0.1) is 0 Å². The molecule has 1 aromatic heterocycles. The molecular formula is C15H26N6. The highest BCUT2D eigenvalue weighted by molar-refractivity contribution is 5.44. The van der Waals surface area contributed by atoms with Crippen LogP contribution in [0.4, 0.5) is 17.8 Å². The van der Waals surface area contributed by atoms with Gasteiger partial charge in [-0.25, -0.2) is 0 Å². The standard InChI is InChI=1S/C15H26N6/c1-11-7-6-10-21(12(11)2)15-18-13(16)17-14(19-15)20-8-4-3-5-9-20/h11-12H,3-10H2,1-2H3,(H2,16,17,18,19). The van der Waals surface area contributed by atoms with Gasteiger partial charge in [0, 0.05) is 25.7 Å². The van der Waals surface area contributed by atoms with Crippen molar-refractivity contribution in [1.29, 1.82) is 0 Å². The van der Waals surface area contributed by atoms with E-state index >= 15 is 0 Å². The zero-order chi connectivity index (χ0) is 14.8. The second-order valence-corrected chi connectivity index (χ2v) is 6.39. The highest BCUT2D eigenvalue weighted by atomic mass is 15.4. The van der Waals surface area contributed by atoms with Gasteiger partial charge in [-0.05, 0) is 44.9 Å². The third-order valence-corrected chi connectivity index (χ3v) is 4.90. The van der Waals surface area contributed by atoms with Gasteiger partial charge in [-0.1, -0.05) is 6.92 Å². The molecule has 0 saturated carbocycles. The smallest absolute Gasteiger partial charge is 0.232 e. The lowest BCUT2D eigenvalue weighted by Gasteiger charge is -2.38. The summed E-state index contributed by atoms with van der Waals surface area (Å²) in [6.07, 6.45) is 6.17. The van der Waals surface area contributed by atoms with Crippen molar-refractivity contribution >= 4 is 17.8 Å². The number of nitrogens with zero attached hydrogens (tertiary/aromatic N) is 5. The Morgan fingerprint density at radius 1 is 0.905 bits per heavy atom. The Hall–Kier alpha value is -1.59. The van der Waals surface area contributed by atoms with E-state index in [9.17, 15) is 0 Å². The Kier molecular flexibility index (Phi) is 4.12. The molecule has 2 aliphatic rings. The lowest BCUT2D eigenvalue weighted by molar-refractivity contribution is 0.359. The van der Waals surface area contributed by atoms with Crippen molar-refractivity contribution in [3.63, 3.8) is 0 Å². The summed E-state index contributed by atoms with van der Waals surface area (Å²) in [5.74, 6) is 2.51. The van der Waals surface area contributed by atoms with Crippen molar-refractivity contribution in [2.45, 2.75) is 52.0 Å². The summed E-state index contributed by atoms with van der Waals surface area (Å²) in [5.41, 5.74) is 5.94. The normalized spacial score (nSPS) is 27.0. The van der Waals surface area contributed by atoms with E-state index in [0.29, 0.717) is 17.9 Å². The van der Waals surface area contributed by atoms with Crippen molar-refractivity contribution in [1.82, 2.24) is 15.0 Å². The first-order chi connectivity index (χ1) is 10.1. The molecule has 1 aromatic rings. The van der Waals surface area contributed by atoms with Crippen LogP contribution in [0.1, 0.15) is 46.0 Å². The van der Waals surface area contributed by atoms with E-state index in [1.807, 2.05) is 0 Å². The number of hydrogen-bond acceptors (Lipinski definition) is 6. The summed E-state index contributed by atoms with van der Waals surface area (Å²) in [6.45, 7) is 7.61. The minimum atomic E-state index is 0.339. The van der Waals surface area contributed by atoms with E-state index in [1.54, 1.807) is 0 Å². The molecule has 2 saturated heterocycles. The molecular weight excluding hydrogens is 264 g/mol. The van der Waals surface area contributed by atoms with E-state index in [4.69, 9.17) is 10.7 Å². The molecule has 0 spiro atoms. The molecule has 3 rings (SSSR count). The molecule has 2 atom stereocenters. The van der Waals surface area contributed by atoms with Crippen LogP contribution < -0.4 is 15.5 Å². The molecule has 0 radical (unpaired) electrons. The first-order valence-electron chi connectivity index (χ1n) is 8.18. The largest absolute Gasteiger partial charge is 0.368 e. The van der Waals surface area contributed by atoms with Gasteiger partial charge in [0.2, 0.25) is 17.8 Å². The van der Waals surface area contributed by atoms with Gasteiger partial charge in [-0.15, -0.1) is 0 Å². The lowest BCUT2D eigenvalue weighted by atomic mass is 9.92. The zero-order valence-electron chi connectivity index (χ0n) is 13.1. The Morgan fingerprint density at radius 2 is 1.62 bits per heavy atom. The SMILES string of the molecule is CC1CCCN(c2nc(N)nc(N3CCCCC3)n2)C1C. The Balaban J connectivity index is 1.86. The van der Waals surface area contributed by atoms with Gasteiger partial charge in [0.25, 0.3) is 0 Å². The third-order valence-electron chi connectivity index (χ3n) is 4.90. The van der Waals surface area contributed by atoms with E-state index < -0.39 is 0 Å². The van der Waals surface area contributed by atoms with Crippen molar-refractivity contribution in [3.8, 4) is 0 Å². The van der Waals surface area contributed by atoms with Gasteiger partial charge >= 0.3 is 0 Å². The number of piperidine rings is 2. The maximum absolute atomic E-state index is 5.94. The van der Waals surface area contributed by atoms with E-state index in [2.05, 4.69) is 33.6 Å². The zero-order valence-corrected chi connectivity index (χ0v) is 13.1. The fourth-order valence-electron chi connectivity index (χ4n) is 3.35. The van der Waals surface area contributed by atoms with Crippen LogP contribution in [-0.2, 0) is 0 Å². The highest BCUT2D eigenvalue weighted by Crippen LogP contribution is 2.27. The molecule has 0 aliphatic carbocycles. The molecule has 6 heteroatoms. The Bertz CT molecular complexity index is 485. The van der Waals surface area contributed by atoms with Gasteiger partial charge < -0.3 is 15.5 Å². The number of hydrogen-bond donors (Lipinski definition) is 1. The quantitative estimate of drug-likeness (QED) is 0.899. The predicted octanol–water partition coefficient (Wildman–Crippen LogP) is 2.07. The lowest BCUT2D eigenvalue weighted by Crippen LogP contribution is -2.44. The molecule has 21 heavy (non-hydrogen) atoms. The molecule has 2 fully saturated rings. The van der Waals surface area contributed by atoms with Crippen LogP contribution in [0.5, 0.6) is 0 Å². The summed E-state index contributed by atoms with van der Waals surface area (Å²) in [7, 11) is 0. The molecule has 116 valence electrons. The van der Waals surface area contributed by atoms with Crippen molar-refractivity contribution in [2.75, 3.05) is 35.2 Å². The van der Waals surface area contributed by atoms with Gasteiger partial charge in [-0.2, -0.15) is 15.0 Å². The monoisotopic (exact) mass is 290 g/mol.